The molecule has 8 heteroatoms. The maximum atomic E-state index is 6.13. The van der Waals surface area contributed by atoms with Gasteiger partial charge in [-0.15, -0.1) is 24.0 Å². The molecule has 0 saturated carbocycles. The number of hydrogen-bond donors (Lipinski definition) is 1. The summed E-state index contributed by atoms with van der Waals surface area (Å²) in [7, 11) is 1.82. The monoisotopic (exact) mass is 554 g/mol. The van der Waals surface area contributed by atoms with Crippen molar-refractivity contribution in [2.24, 2.45) is 4.99 Å². The number of aryl methyl sites for hydroxylation is 1. The summed E-state index contributed by atoms with van der Waals surface area (Å²) >= 11 is 0. The lowest BCUT2D eigenvalue weighted by atomic mass is 10.1. The number of rotatable bonds is 6. The van der Waals surface area contributed by atoms with Crippen LogP contribution < -0.4 is 5.32 Å². The van der Waals surface area contributed by atoms with Gasteiger partial charge in [0.05, 0.1) is 31.6 Å². The Morgan fingerprint density at radius 2 is 1.97 bits per heavy atom. The maximum Gasteiger partial charge on any atom is 0.214 e. The van der Waals surface area contributed by atoms with Crippen molar-refractivity contribution in [1.82, 2.24) is 15.2 Å². The molecule has 1 aromatic carbocycles. The Hall–Kier alpha value is -1.65. The molecule has 2 aliphatic heterocycles. The highest BCUT2D eigenvalue weighted by molar-refractivity contribution is 14.0. The summed E-state index contributed by atoms with van der Waals surface area (Å²) in [5.41, 5.74) is 2.26. The number of aromatic nitrogens is 1. The van der Waals surface area contributed by atoms with Gasteiger partial charge in [0, 0.05) is 32.3 Å². The highest BCUT2D eigenvalue weighted by atomic mass is 127. The Morgan fingerprint density at radius 1 is 1.19 bits per heavy atom. The first-order valence-corrected chi connectivity index (χ1v) is 11.4. The first-order valence-electron chi connectivity index (χ1n) is 11.4. The number of aliphatic imine (C=N–C) groups is 1. The molecule has 0 amide bonds. The van der Waals surface area contributed by atoms with Gasteiger partial charge < -0.3 is 24.1 Å². The molecule has 2 fully saturated rings. The average Bonchev–Trinajstić information content (AvgIpc) is 3.29. The summed E-state index contributed by atoms with van der Waals surface area (Å²) in [4.78, 5) is 11.1. The molecule has 0 radical (unpaired) electrons. The van der Waals surface area contributed by atoms with Gasteiger partial charge in [-0.25, -0.2) is 4.98 Å². The van der Waals surface area contributed by atoms with E-state index in [1.165, 1.54) is 18.4 Å². The van der Waals surface area contributed by atoms with Gasteiger partial charge in [-0.1, -0.05) is 29.8 Å². The predicted molar refractivity (Wildman–Crippen MR) is 136 cm³/mol. The minimum atomic E-state index is 0. The van der Waals surface area contributed by atoms with Crippen molar-refractivity contribution in [2.75, 3.05) is 33.4 Å². The fourth-order valence-electron chi connectivity index (χ4n) is 4.15. The quantitative estimate of drug-likeness (QED) is 0.325. The third kappa shape index (κ3) is 6.92. The summed E-state index contributed by atoms with van der Waals surface area (Å²) in [6.45, 7) is 6.04. The number of benzene rings is 1. The molecule has 2 aromatic rings. The van der Waals surface area contributed by atoms with Crippen molar-refractivity contribution in [3.05, 3.63) is 41.9 Å². The highest BCUT2D eigenvalue weighted by Gasteiger charge is 2.24. The van der Waals surface area contributed by atoms with Crippen LogP contribution in [0.15, 0.2) is 39.9 Å². The molecule has 1 atom stereocenters. The fraction of sp³-hybridized carbons (Fsp3) is 0.583. The number of piperidine rings is 1. The second-order valence-corrected chi connectivity index (χ2v) is 8.39. The number of ether oxygens (including phenoxy) is 2. The average molecular weight is 554 g/mol. The third-order valence-electron chi connectivity index (χ3n) is 6.03. The molecule has 0 aliphatic carbocycles. The zero-order chi connectivity index (χ0) is 21.5. The SMILES string of the molecule is CN=C(NCc1ncc(-c2ccc(C)cc2)o1)N1CCC(OCC2CCCCO2)CC1.I. The van der Waals surface area contributed by atoms with Crippen LogP contribution in [0.1, 0.15) is 43.6 Å². The Kier molecular flexibility index (Phi) is 9.80. The fourth-order valence-corrected chi connectivity index (χ4v) is 4.15. The molecule has 1 N–H and O–H groups in total. The summed E-state index contributed by atoms with van der Waals surface area (Å²) in [5, 5.41) is 3.39. The summed E-state index contributed by atoms with van der Waals surface area (Å²) < 4.78 is 17.8. The smallest absolute Gasteiger partial charge is 0.214 e. The number of oxazole rings is 1. The molecule has 1 unspecified atom stereocenters. The van der Waals surface area contributed by atoms with E-state index in [-0.39, 0.29) is 30.1 Å². The van der Waals surface area contributed by atoms with Gasteiger partial charge in [-0.3, -0.25) is 4.99 Å². The zero-order valence-electron chi connectivity index (χ0n) is 19.1. The molecular formula is C24H35IN4O3. The van der Waals surface area contributed by atoms with Crippen LogP contribution in [-0.2, 0) is 16.0 Å². The van der Waals surface area contributed by atoms with Crippen molar-refractivity contribution in [3.63, 3.8) is 0 Å². The van der Waals surface area contributed by atoms with Gasteiger partial charge in [0.15, 0.2) is 11.7 Å². The maximum absolute atomic E-state index is 6.13. The topological polar surface area (TPSA) is 72.1 Å². The van der Waals surface area contributed by atoms with Crippen LogP contribution in [-0.4, -0.2) is 61.4 Å². The molecule has 176 valence electrons. The van der Waals surface area contributed by atoms with Crippen molar-refractivity contribution in [2.45, 2.75) is 57.8 Å². The number of nitrogens with zero attached hydrogens (tertiary/aromatic N) is 3. The van der Waals surface area contributed by atoms with E-state index in [9.17, 15) is 0 Å². The molecular weight excluding hydrogens is 519 g/mol. The van der Waals surface area contributed by atoms with Gasteiger partial charge >= 0.3 is 0 Å². The van der Waals surface area contributed by atoms with Gasteiger partial charge in [-0.2, -0.15) is 0 Å². The Morgan fingerprint density at radius 3 is 2.66 bits per heavy atom. The molecule has 2 saturated heterocycles. The van der Waals surface area contributed by atoms with Crippen LogP contribution >= 0.6 is 24.0 Å². The van der Waals surface area contributed by atoms with Crippen molar-refractivity contribution < 1.29 is 13.9 Å². The van der Waals surface area contributed by atoms with E-state index in [0.717, 1.165) is 62.8 Å². The number of hydrogen-bond acceptors (Lipinski definition) is 5. The van der Waals surface area contributed by atoms with E-state index < -0.39 is 0 Å². The van der Waals surface area contributed by atoms with E-state index in [4.69, 9.17) is 13.9 Å². The number of nitrogens with one attached hydrogen (secondary N) is 1. The van der Waals surface area contributed by atoms with Crippen LogP contribution in [0.4, 0.5) is 0 Å². The van der Waals surface area contributed by atoms with E-state index in [1.54, 1.807) is 6.20 Å². The van der Waals surface area contributed by atoms with E-state index in [2.05, 4.69) is 51.4 Å². The van der Waals surface area contributed by atoms with E-state index >= 15 is 0 Å². The molecule has 7 nitrogen and oxygen atoms in total. The van der Waals surface area contributed by atoms with Crippen LogP contribution in [0.25, 0.3) is 11.3 Å². The van der Waals surface area contributed by atoms with E-state index in [0.29, 0.717) is 18.5 Å². The molecule has 1 aromatic heterocycles. The molecule has 32 heavy (non-hydrogen) atoms. The van der Waals surface area contributed by atoms with Gasteiger partial charge in [-0.05, 0) is 39.0 Å². The third-order valence-corrected chi connectivity index (χ3v) is 6.03. The molecule has 4 rings (SSSR count). The van der Waals surface area contributed by atoms with Crippen LogP contribution in [0, 0.1) is 6.92 Å². The lowest BCUT2D eigenvalue weighted by Crippen LogP contribution is -2.47. The highest BCUT2D eigenvalue weighted by Crippen LogP contribution is 2.21. The number of likely N-dealkylation sites (tertiary alicyclic amines) is 1. The predicted octanol–water partition coefficient (Wildman–Crippen LogP) is 4.39. The largest absolute Gasteiger partial charge is 0.439 e. The summed E-state index contributed by atoms with van der Waals surface area (Å²) in [6, 6.07) is 8.26. The Labute approximate surface area is 208 Å². The Balaban J connectivity index is 0.00000289. The minimum absolute atomic E-state index is 0. The van der Waals surface area contributed by atoms with Crippen LogP contribution in [0.2, 0.25) is 0 Å². The Bertz CT molecular complexity index is 841. The molecule has 0 bridgehead atoms. The first kappa shape index (κ1) is 25.0. The minimum Gasteiger partial charge on any atom is -0.439 e. The summed E-state index contributed by atoms with van der Waals surface area (Å²) in [6.07, 6.45) is 7.95. The van der Waals surface area contributed by atoms with Gasteiger partial charge in [0.25, 0.3) is 0 Å². The first-order chi connectivity index (χ1) is 15.2. The van der Waals surface area contributed by atoms with Gasteiger partial charge in [0.1, 0.15) is 0 Å². The normalized spacial score (nSPS) is 20.1. The second kappa shape index (κ2) is 12.6. The van der Waals surface area contributed by atoms with Crippen LogP contribution in [0.3, 0.4) is 0 Å². The molecule has 2 aliphatic rings. The van der Waals surface area contributed by atoms with Crippen molar-refractivity contribution in [3.8, 4) is 11.3 Å². The standard InChI is InChI=1S/C24H34N4O3.HI/c1-18-6-8-19(9-7-18)22-15-26-23(31-22)16-27-24(25-2)28-12-10-20(11-13-28)30-17-21-5-3-4-14-29-21;/h6-9,15,20-21H,3-5,10-14,16-17H2,1-2H3,(H,25,27);1H. The van der Waals surface area contributed by atoms with Crippen molar-refractivity contribution in [1.29, 1.82) is 0 Å². The lowest BCUT2D eigenvalue weighted by Gasteiger charge is -2.34. The molecule has 0 spiro atoms. The van der Waals surface area contributed by atoms with Crippen molar-refractivity contribution >= 4 is 29.9 Å². The summed E-state index contributed by atoms with van der Waals surface area (Å²) in [5.74, 6) is 2.32. The van der Waals surface area contributed by atoms with Crippen LogP contribution in [0.5, 0.6) is 0 Å². The van der Waals surface area contributed by atoms with E-state index in [1.807, 2.05) is 7.05 Å². The van der Waals surface area contributed by atoms with Gasteiger partial charge in [0.2, 0.25) is 5.89 Å². The molecule has 3 heterocycles. The second-order valence-electron chi connectivity index (χ2n) is 8.39. The zero-order valence-corrected chi connectivity index (χ0v) is 21.4. The number of guanidine groups is 1. The lowest BCUT2D eigenvalue weighted by molar-refractivity contribution is -0.0721. The number of halogens is 1.